The third kappa shape index (κ3) is 2.21. The molecule has 15 heavy (non-hydrogen) atoms. The van der Waals surface area contributed by atoms with Crippen LogP contribution in [0.4, 0.5) is 5.69 Å². The normalized spacial score (nSPS) is 10.3. The van der Waals surface area contributed by atoms with Gasteiger partial charge in [0.05, 0.1) is 12.8 Å². The lowest BCUT2D eigenvalue weighted by atomic mass is 10.2. The molecule has 0 radical (unpaired) electrons. The van der Waals surface area contributed by atoms with Gasteiger partial charge in [0.1, 0.15) is 5.76 Å². The molecular formula is C13H15NO. The Labute approximate surface area is 89.9 Å². The van der Waals surface area contributed by atoms with Crippen LogP contribution in [-0.4, -0.2) is 0 Å². The van der Waals surface area contributed by atoms with Crippen LogP contribution in [-0.2, 0) is 6.54 Å². The van der Waals surface area contributed by atoms with Crippen LogP contribution in [0.3, 0.4) is 0 Å². The molecule has 2 rings (SSSR count). The molecule has 0 aliphatic rings. The molecule has 2 nitrogen and oxygen atoms in total. The number of furan rings is 1. The van der Waals surface area contributed by atoms with Crippen molar-refractivity contribution in [3.05, 3.63) is 53.5 Å². The first-order chi connectivity index (χ1) is 7.27. The number of hydrogen-bond acceptors (Lipinski definition) is 2. The van der Waals surface area contributed by atoms with Crippen LogP contribution in [0.2, 0.25) is 0 Å². The van der Waals surface area contributed by atoms with E-state index in [0.717, 1.165) is 18.0 Å². The molecule has 0 aliphatic heterocycles. The summed E-state index contributed by atoms with van der Waals surface area (Å²) < 4.78 is 5.36. The second-order valence-corrected chi connectivity index (χ2v) is 3.70. The highest BCUT2D eigenvalue weighted by molar-refractivity contribution is 5.50. The number of aryl methyl sites for hydroxylation is 2. The van der Waals surface area contributed by atoms with Gasteiger partial charge in [-0.05, 0) is 37.1 Å². The van der Waals surface area contributed by atoms with E-state index in [-0.39, 0.29) is 0 Å². The third-order valence-electron chi connectivity index (χ3n) is 2.55. The summed E-state index contributed by atoms with van der Waals surface area (Å²) in [6, 6.07) is 10.2. The van der Waals surface area contributed by atoms with Gasteiger partial charge in [-0.1, -0.05) is 18.2 Å². The van der Waals surface area contributed by atoms with Gasteiger partial charge >= 0.3 is 0 Å². The Morgan fingerprint density at radius 1 is 1.07 bits per heavy atom. The van der Waals surface area contributed by atoms with E-state index in [1.54, 1.807) is 6.26 Å². The molecule has 0 aliphatic carbocycles. The van der Waals surface area contributed by atoms with E-state index < -0.39 is 0 Å². The summed E-state index contributed by atoms with van der Waals surface area (Å²) in [6.45, 7) is 4.89. The van der Waals surface area contributed by atoms with Crippen LogP contribution < -0.4 is 5.32 Å². The minimum absolute atomic E-state index is 0.740. The zero-order chi connectivity index (χ0) is 10.7. The first-order valence-electron chi connectivity index (χ1n) is 5.10. The number of rotatable bonds is 3. The van der Waals surface area contributed by atoms with Gasteiger partial charge in [-0.15, -0.1) is 0 Å². The average Bonchev–Trinajstić information content (AvgIpc) is 2.63. The van der Waals surface area contributed by atoms with Crippen molar-refractivity contribution in [2.45, 2.75) is 20.4 Å². The van der Waals surface area contributed by atoms with E-state index in [1.165, 1.54) is 11.1 Å². The molecule has 0 bridgehead atoms. The topological polar surface area (TPSA) is 25.2 Å². The molecule has 2 heteroatoms. The molecule has 1 aromatic carbocycles. The molecule has 0 fully saturated rings. The maximum Gasteiger partial charge on any atom is 0.125 e. The SMILES string of the molecule is Cc1ccccc1NCc1occc1C. The van der Waals surface area contributed by atoms with Gasteiger partial charge in [0, 0.05) is 5.69 Å². The van der Waals surface area contributed by atoms with E-state index >= 15 is 0 Å². The lowest BCUT2D eigenvalue weighted by molar-refractivity contribution is 0.515. The van der Waals surface area contributed by atoms with E-state index in [4.69, 9.17) is 4.42 Å². The largest absolute Gasteiger partial charge is 0.467 e. The summed E-state index contributed by atoms with van der Waals surface area (Å²) in [5.74, 6) is 0.998. The van der Waals surface area contributed by atoms with Gasteiger partial charge in [0.25, 0.3) is 0 Å². The third-order valence-corrected chi connectivity index (χ3v) is 2.55. The van der Waals surface area contributed by atoms with Gasteiger partial charge < -0.3 is 9.73 Å². The molecule has 1 aromatic heterocycles. The minimum atomic E-state index is 0.740. The van der Waals surface area contributed by atoms with Crippen LogP contribution >= 0.6 is 0 Å². The first-order valence-corrected chi connectivity index (χ1v) is 5.10. The monoisotopic (exact) mass is 201 g/mol. The van der Waals surface area contributed by atoms with Crippen molar-refractivity contribution in [2.24, 2.45) is 0 Å². The Kier molecular flexibility index (Phi) is 2.77. The fraction of sp³-hybridized carbons (Fsp3) is 0.231. The number of para-hydroxylation sites is 1. The maximum absolute atomic E-state index is 5.36. The second kappa shape index (κ2) is 4.22. The molecule has 0 unspecified atom stereocenters. The van der Waals surface area contributed by atoms with Crippen molar-refractivity contribution < 1.29 is 4.42 Å². The second-order valence-electron chi connectivity index (χ2n) is 3.70. The lowest BCUT2D eigenvalue weighted by Crippen LogP contribution is -2.00. The highest BCUT2D eigenvalue weighted by atomic mass is 16.3. The van der Waals surface area contributed by atoms with Gasteiger partial charge in [-0.25, -0.2) is 0 Å². The van der Waals surface area contributed by atoms with Crippen molar-refractivity contribution in [1.82, 2.24) is 0 Å². The van der Waals surface area contributed by atoms with Crippen LogP contribution in [0.5, 0.6) is 0 Å². The van der Waals surface area contributed by atoms with Crippen LogP contribution in [0.25, 0.3) is 0 Å². The van der Waals surface area contributed by atoms with Crippen LogP contribution in [0, 0.1) is 13.8 Å². The Bertz CT molecular complexity index is 445. The molecule has 0 amide bonds. The van der Waals surface area contributed by atoms with Crippen molar-refractivity contribution >= 4 is 5.69 Å². The minimum Gasteiger partial charge on any atom is -0.467 e. The molecular weight excluding hydrogens is 186 g/mol. The Morgan fingerprint density at radius 3 is 2.53 bits per heavy atom. The van der Waals surface area contributed by atoms with Crippen molar-refractivity contribution in [3.8, 4) is 0 Å². The summed E-state index contributed by atoms with van der Waals surface area (Å²) >= 11 is 0. The molecule has 0 atom stereocenters. The van der Waals surface area contributed by atoms with E-state index in [0.29, 0.717) is 0 Å². The number of benzene rings is 1. The molecule has 0 saturated carbocycles. The molecule has 0 saturated heterocycles. The van der Waals surface area contributed by atoms with Gasteiger partial charge in [0.15, 0.2) is 0 Å². The summed E-state index contributed by atoms with van der Waals surface area (Å²) in [5.41, 5.74) is 3.60. The van der Waals surface area contributed by atoms with Gasteiger partial charge in [-0.3, -0.25) is 0 Å². The van der Waals surface area contributed by atoms with Gasteiger partial charge in [0.2, 0.25) is 0 Å². The summed E-state index contributed by atoms with van der Waals surface area (Å²) in [4.78, 5) is 0. The standard InChI is InChI=1S/C13H15NO/c1-10-5-3-4-6-12(10)14-9-13-11(2)7-8-15-13/h3-8,14H,9H2,1-2H3. The first kappa shape index (κ1) is 9.84. The zero-order valence-electron chi connectivity index (χ0n) is 9.08. The Hall–Kier alpha value is -1.70. The van der Waals surface area contributed by atoms with Crippen molar-refractivity contribution in [1.29, 1.82) is 0 Å². The highest BCUT2D eigenvalue weighted by Crippen LogP contribution is 2.16. The highest BCUT2D eigenvalue weighted by Gasteiger charge is 2.02. The zero-order valence-corrected chi connectivity index (χ0v) is 9.08. The Balaban J connectivity index is 2.06. The van der Waals surface area contributed by atoms with Crippen LogP contribution in [0.1, 0.15) is 16.9 Å². The number of hydrogen-bond donors (Lipinski definition) is 1. The predicted molar refractivity (Wildman–Crippen MR) is 62.0 cm³/mol. The smallest absolute Gasteiger partial charge is 0.125 e. The average molecular weight is 201 g/mol. The molecule has 0 spiro atoms. The molecule has 1 heterocycles. The van der Waals surface area contributed by atoms with E-state index in [2.05, 4.69) is 31.3 Å². The summed E-state index contributed by atoms with van der Waals surface area (Å²) in [6.07, 6.45) is 1.73. The fourth-order valence-electron chi connectivity index (χ4n) is 1.53. The molecule has 1 N–H and O–H groups in total. The van der Waals surface area contributed by atoms with E-state index in [1.807, 2.05) is 18.2 Å². The fourth-order valence-corrected chi connectivity index (χ4v) is 1.53. The molecule has 78 valence electrons. The summed E-state index contributed by atoms with van der Waals surface area (Å²) in [7, 11) is 0. The Morgan fingerprint density at radius 2 is 1.87 bits per heavy atom. The van der Waals surface area contributed by atoms with Crippen molar-refractivity contribution in [2.75, 3.05) is 5.32 Å². The quantitative estimate of drug-likeness (QED) is 0.822. The summed E-state index contributed by atoms with van der Waals surface area (Å²) in [5, 5.41) is 3.36. The van der Waals surface area contributed by atoms with E-state index in [9.17, 15) is 0 Å². The predicted octanol–water partition coefficient (Wildman–Crippen LogP) is 3.51. The lowest BCUT2D eigenvalue weighted by Gasteiger charge is -2.07. The van der Waals surface area contributed by atoms with Crippen molar-refractivity contribution in [3.63, 3.8) is 0 Å². The maximum atomic E-state index is 5.36. The number of anilines is 1. The van der Waals surface area contributed by atoms with Crippen LogP contribution in [0.15, 0.2) is 41.0 Å². The van der Waals surface area contributed by atoms with Gasteiger partial charge in [-0.2, -0.15) is 0 Å². The molecule has 2 aromatic rings. The number of nitrogens with one attached hydrogen (secondary N) is 1.